The van der Waals surface area contributed by atoms with Crippen molar-refractivity contribution in [2.45, 2.75) is 45.1 Å². The van der Waals surface area contributed by atoms with Crippen molar-refractivity contribution >= 4 is 28.3 Å². The van der Waals surface area contributed by atoms with Crippen LogP contribution in [0.5, 0.6) is 0 Å². The molecule has 0 spiro atoms. The topological polar surface area (TPSA) is 94.3 Å². The van der Waals surface area contributed by atoms with Crippen LogP contribution in [0.15, 0.2) is 5.38 Å². The largest absolute Gasteiger partial charge is 0.466 e. The zero-order valence-corrected chi connectivity index (χ0v) is 12.9. The van der Waals surface area contributed by atoms with E-state index in [0.29, 0.717) is 17.4 Å². The molecule has 2 rings (SSSR count). The Morgan fingerprint density at radius 2 is 2.33 bits per heavy atom. The van der Waals surface area contributed by atoms with Crippen LogP contribution >= 0.6 is 11.3 Å². The SMILES string of the molecule is CCOC(=O)Cc1csc(NC(=O)C2CCCC(N)C2)n1. The van der Waals surface area contributed by atoms with Gasteiger partial charge in [-0.15, -0.1) is 11.3 Å². The Morgan fingerprint density at radius 1 is 1.52 bits per heavy atom. The Morgan fingerprint density at radius 3 is 3.05 bits per heavy atom. The Hall–Kier alpha value is -1.47. The molecule has 1 aliphatic carbocycles. The summed E-state index contributed by atoms with van der Waals surface area (Å²) in [5, 5.41) is 5.11. The zero-order chi connectivity index (χ0) is 15.2. The monoisotopic (exact) mass is 311 g/mol. The van der Waals surface area contributed by atoms with Crippen molar-refractivity contribution in [3.8, 4) is 0 Å². The highest BCUT2D eigenvalue weighted by Gasteiger charge is 2.25. The average molecular weight is 311 g/mol. The molecule has 1 saturated carbocycles. The number of hydrogen-bond acceptors (Lipinski definition) is 6. The van der Waals surface area contributed by atoms with Gasteiger partial charge in [-0.05, 0) is 26.2 Å². The summed E-state index contributed by atoms with van der Waals surface area (Å²) in [7, 11) is 0. The van der Waals surface area contributed by atoms with Gasteiger partial charge in [0.05, 0.1) is 18.7 Å². The molecule has 6 nitrogen and oxygen atoms in total. The highest BCUT2D eigenvalue weighted by atomic mass is 32.1. The van der Waals surface area contributed by atoms with E-state index < -0.39 is 0 Å². The summed E-state index contributed by atoms with van der Waals surface area (Å²) in [4.78, 5) is 27.8. The van der Waals surface area contributed by atoms with Crippen molar-refractivity contribution in [1.82, 2.24) is 4.98 Å². The van der Waals surface area contributed by atoms with E-state index in [0.717, 1.165) is 25.7 Å². The first-order valence-corrected chi connectivity index (χ1v) is 8.13. The summed E-state index contributed by atoms with van der Waals surface area (Å²) in [5.41, 5.74) is 6.52. The Balaban J connectivity index is 1.86. The van der Waals surface area contributed by atoms with Gasteiger partial charge in [-0.3, -0.25) is 9.59 Å². The van der Waals surface area contributed by atoms with Crippen LogP contribution in [0.3, 0.4) is 0 Å². The van der Waals surface area contributed by atoms with Crippen LogP contribution in [0.2, 0.25) is 0 Å². The lowest BCUT2D eigenvalue weighted by Gasteiger charge is -2.25. The highest BCUT2D eigenvalue weighted by molar-refractivity contribution is 7.13. The van der Waals surface area contributed by atoms with Gasteiger partial charge in [0.15, 0.2) is 5.13 Å². The first-order chi connectivity index (χ1) is 10.1. The quantitative estimate of drug-likeness (QED) is 0.807. The summed E-state index contributed by atoms with van der Waals surface area (Å²) in [6.07, 6.45) is 3.72. The maximum absolute atomic E-state index is 12.2. The third-order valence-corrected chi connectivity index (χ3v) is 4.30. The van der Waals surface area contributed by atoms with Crippen LogP contribution in [0, 0.1) is 5.92 Å². The molecule has 1 fully saturated rings. The molecule has 0 saturated heterocycles. The molecule has 2 unspecified atom stereocenters. The minimum Gasteiger partial charge on any atom is -0.466 e. The molecule has 0 bridgehead atoms. The standard InChI is InChI=1S/C14H21N3O3S/c1-2-20-12(18)7-11-8-21-14(16-11)17-13(19)9-4-3-5-10(15)6-9/h8-10H,2-7,15H2,1H3,(H,16,17,19). The van der Waals surface area contributed by atoms with E-state index in [4.69, 9.17) is 10.5 Å². The zero-order valence-electron chi connectivity index (χ0n) is 12.1. The molecule has 7 heteroatoms. The minimum atomic E-state index is -0.307. The average Bonchev–Trinajstić information content (AvgIpc) is 2.86. The van der Waals surface area contributed by atoms with Gasteiger partial charge in [0, 0.05) is 17.3 Å². The van der Waals surface area contributed by atoms with Crippen LogP contribution in [-0.4, -0.2) is 29.5 Å². The molecule has 116 valence electrons. The third-order valence-electron chi connectivity index (χ3n) is 3.50. The van der Waals surface area contributed by atoms with Gasteiger partial charge >= 0.3 is 5.97 Å². The first-order valence-electron chi connectivity index (χ1n) is 7.25. The number of nitrogens with zero attached hydrogens (tertiary/aromatic N) is 1. The number of carbonyl (C=O) groups is 2. The third kappa shape index (κ3) is 4.78. The van der Waals surface area contributed by atoms with Gasteiger partial charge in [0.1, 0.15) is 0 Å². The van der Waals surface area contributed by atoms with Crippen LogP contribution in [-0.2, 0) is 20.7 Å². The van der Waals surface area contributed by atoms with Crippen molar-refractivity contribution in [3.05, 3.63) is 11.1 Å². The molecule has 3 N–H and O–H groups in total. The van der Waals surface area contributed by atoms with E-state index in [-0.39, 0.29) is 30.3 Å². The molecule has 21 heavy (non-hydrogen) atoms. The number of esters is 1. The van der Waals surface area contributed by atoms with Gasteiger partial charge in [-0.25, -0.2) is 4.98 Å². The molecular weight excluding hydrogens is 290 g/mol. The molecular formula is C14H21N3O3S. The van der Waals surface area contributed by atoms with Crippen LogP contribution in [0.4, 0.5) is 5.13 Å². The summed E-state index contributed by atoms with van der Waals surface area (Å²) < 4.78 is 4.87. The van der Waals surface area contributed by atoms with Gasteiger partial charge in [-0.1, -0.05) is 6.42 Å². The fourth-order valence-corrected chi connectivity index (χ4v) is 3.19. The number of thiazole rings is 1. The van der Waals surface area contributed by atoms with E-state index in [1.54, 1.807) is 12.3 Å². The fraction of sp³-hybridized carbons (Fsp3) is 0.643. The number of nitrogens with one attached hydrogen (secondary N) is 1. The number of aromatic nitrogens is 1. The first kappa shape index (κ1) is 15.9. The molecule has 1 aromatic rings. The summed E-state index contributed by atoms with van der Waals surface area (Å²) in [6, 6.07) is 0.116. The second-order valence-electron chi connectivity index (χ2n) is 5.24. The molecule has 1 heterocycles. The van der Waals surface area contributed by atoms with Gasteiger partial charge in [-0.2, -0.15) is 0 Å². The second-order valence-corrected chi connectivity index (χ2v) is 6.10. The van der Waals surface area contributed by atoms with E-state index in [1.807, 2.05) is 0 Å². The lowest BCUT2D eigenvalue weighted by Crippen LogP contribution is -2.34. The van der Waals surface area contributed by atoms with Crippen LogP contribution < -0.4 is 11.1 Å². The number of hydrogen-bond donors (Lipinski definition) is 2. The number of carbonyl (C=O) groups excluding carboxylic acids is 2. The molecule has 0 aliphatic heterocycles. The smallest absolute Gasteiger partial charge is 0.311 e. The summed E-state index contributed by atoms with van der Waals surface area (Å²) in [6.45, 7) is 2.12. The van der Waals surface area contributed by atoms with Crippen LogP contribution in [0.1, 0.15) is 38.3 Å². The van der Waals surface area contributed by atoms with E-state index in [1.165, 1.54) is 11.3 Å². The van der Waals surface area contributed by atoms with Crippen molar-refractivity contribution < 1.29 is 14.3 Å². The van der Waals surface area contributed by atoms with Gasteiger partial charge in [0.25, 0.3) is 0 Å². The van der Waals surface area contributed by atoms with Crippen molar-refractivity contribution in [2.75, 3.05) is 11.9 Å². The molecule has 1 amide bonds. The molecule has 0 aromatic carbocycles. The number of ether oxygens (including phenoxy) is 1. The Kier molecular flexibility index (Phi) is 5.69. The second kappa shape index (κ2) is 7.51. The van der Waals surface area contributed by atoms with E-state index >= 15 is 0 Å². The van der Waals surface area contributed by atoms with Crippen molar-refractivity contribution in [1.29, 1.82) is 0 Å². The highest BCUT2D eigenvalue weighted by Crippen LogP contribution is 2.25. The maximum atomic E-state index is 12.2. The van der Waals surface area contributed by atoms with Gasteiger partial charge in [0.2, 0.25) is 5.91 Å². The normalized spacial score (nSPS) is 21.8. The lowest BCUT2D eigenvalue weighted by molar-refractivity contribution is -0.142. The number of anilines is 1. The summed E-state index contributed by atoms with van der Waals surface area (Å²) >= 11 is 1.32. The minimum absolute atomic E-state index is 0.0258. The van der Waals surface area contributed by atoms with Crippen LogP contribution in [0.25, 0.3) is 0 Å². The Bertz CT molecular complexity index is 503. The molecule has 2 atom stereocenters. The van der Waals surface area contributed by atoms with E-state index in [2.05, 4.69) is 10.3 Å². The number of amides is 1. The van der Waals surface area contributed by atoms with Gasteiger partial charge < -0.3 is 15.8 Å². The predicted molar refractivity (Wildman–Crippen MR) is 81.0 cm³/mol. The van der Waals surface area contributed by atoms with Crippen molar-refractivity contribution in [2.24, 2.45) is 11.7 Å². The maximum Gasteiger partial charge on any atom is 0.311 e. The number of rotatable bonds is 5. The number of nitrogens with two attached hydrogens (primary N) is 1. The Labute approximate surface area is 128 Å². The molecule has 1 aliphatic rings. The molecule has 0 radical (unpaired) electrons. The van der Waals surface area contributed by atoms with Crippen molar-refractivity contribution in [3.63, 3.8) is 0 Å². The summed E-state index contributed by atoms with van der Waals surface area (Å²) in [5.74, 6) is -0.368. The fourth-order valence-electron chi connectivity index (χ4n) is 2.48. The molecule has 1 aromatic heterocycles. The lowest BCUT2D eigenvalue weighted by atomic mass is 9.86. The predicted octanol–water partition coefficient (Wildman–Crippen LogP) is 1.70. The van der Waals surface area contributed by atoms with E-state index in [9.17, 15) is 9.59 Å².